The van der Waals surface area contributed by atoms with E-state index in [0.717, 1.165) is 44.7 Å². The average molecular weight is 405 g/mol. The van der Waals surface area contributed by atoms with Crippen LogP contribution in [0.1, 0.15) is 37.9 Å². The molecule has 0 saturated carbocycles. The van der Waals surface area contributed by atoms with Crippen LogP contribution in [0, 0.1) is 0 Å². The van der Waals surface area contributed by atoms with Crippen molar-refractivity contribution >= 4 is 23.2 Å². The number of carbonyl (C=O) groups is 1. The maximum Gasteiger partial charge on any atom is 0.417 e. The SMILES string of the molecule is CCN(CC)CCCCNC(=O)Cc1cn2cc(C(F)(F)F)cc(Cl)c2n1. The van der Waals surface area contributed by atoms with E-state index in [4.69, 9.17) is 11.6 Å². The molecule has 2 aromatic rings. The van der Waals surface area contributed by atoms with E-state index in [1.54, 1.807) is 0 Å². The van der Waals surface area contributed by atoms with Crippen LogP contribution < -0.4 is 5.32 Å². The second-order valence-corrected chi connectivity index (χ2v) is 6.71. The lowest BCUT2D eigenvalue weighted by Gasteiger charge is -2.17. The molecular formula is C18H24ClF3N4O. The van der Waals surface area contributed by atoms with Crippen LogP contribution >= 0.6 is 11.6 Å². The maximum atomic E-state index is 12.9. The molecule has 9 heteroatoms. The number of unbranched alkanes of at least 4 members (excludes halogenated alkanes) is 1. The molecule has 2 heterocycles. The summed E-state index contributed by atoms with van der Waals surface area (Å²) in [4.78, 5) is 18.5. The Labute approximate surface area is 161 Å². The van der Waals surface area contributed by atoms with Crippen LogP contribution in [-0.2, 0) is 17.4 Å². The van der Waals surface area contributed by atoms with Gasteiger partial charge in [-0.15, -0.1) is 0 Å². The number of hydrogen-bond acceptors (Lipinski definition) is 3. The molecule has 27 heavy (non-hydrogen) atoms. The van der Waals surface area contributed by atoms with Gasteiger partial charge in [-0.25, -0.2) is 4.98 Å². The zero-order valence-electron chi connectivity index (χ0n) is 15.4. The minimum absolute atomic E-state index is 0.00456. The van der Waals surface area contributed by atoms with Gasteiger partial charge >= 0.3 is 6.18 Å². The number of nitrogens with one attached hydrogen (secondary N) is 1. The van der Waals surface area contributed by atoms with Crippen LogP contribution in [0.15, 0.2) is 18.5 Å². The van der Waals surface area contributed by atoms with Crippen molar-refractivity contribution in [3.63, 3.8) is 0 Å². The van der Waals surface area contributed by atoms with Crippen LogP contribution in [0.2, 0.25) is 5.02 Å². The summed E-state index contributed by atoms with van der Waals surface area (Å²) in [6.07, 6.45) is -0.320. The Kier molecular flexibility index (Phi) is 7.49. The number of alkyl halides is 3. The monoisotopic (exact) mass is 404 g/mol. The van der Waals surface area contributed by atoms with E-state index < -0.39 is 11.7 Å². The van der Waals surface area contributed by atoms with E-state index in [2.05, 4.69) is 29.0 Å². The second-order valence-electron chi connectivity index (χ2n) is 6.30. The number of hydrogen-bond donors (Lipinski definition) is 1. The van der Waals surface area contributed by atoms with Crippen molar-refractivity contribution in [2.45, 2.75) is 39.3 Å². The molecular weight excluding hydrogens is 381 g/mol. The molecule has 0 atom stereocenters. The first-order valence-electron chi connectivity index (χ1n) is 8.98. The first-order valence-corrected chi connectivity index (χ1v) is 9.35. The van der Waals surface area contributed by atoms with Crippen molar-refractivity contribution in [1.82, 2.24) is 19.6 Å². The molecule has 0 unspecified atom stereocenters. The number of fused-ring (bicyclic) bond motifs is 1. The smallest absolute Gasteiger partial charge is 0.356 e. The first kappa shape index (κ1) is 21.5. The van der Waals surface area contributed by atoms with Crippen molar-refractivity contribution < 1.29 is 18.0 Å². The van der Waals surface area contributed by atoms with Crippen LogP contribution in [0.25, 0.3) is 5.65 Å². The average Bonchev–Trinajstić information content (AvgIpc) is 3.00. The molecule has 1 N–H and O–H groups in total. The van der Waals surface area contributed by atoms with Gasteiger partial charge in [0.1, 0.15) is 0 Å². The standard InChI is InChI=1S/C18H24ClF3N4O/c1-3-25(4-2)8-6-5-7-23-16(27)10-14-12-26-11-13(18(20,21)22)9-15(19)17(26)24-14/h9,11-12H,3-8,10H2,1-2H3,(H,23,27). The van der Waals surface area contributed by atoms with Gasteiger partial charge in [-0.3, -0.25) is 4.79 Å². The molecule has 0 radical (unpaired) electrons. The fraction of sp³-hybridized carbons (Fsp3) is 0.556. The highest BCUT2D eigenvalue weighted by Gasteiger charge is 2.31. The van der Waals surface area contributed by atoms with Crippen molar-refractivity contribution in [3.8, 4) is 0 Å². The third-order valence-electron chi connectivity index (χ3n) is 4.34. The molecule has 0 saturated heterocycles. The molecule has 0 aliphatic carbocycles. The zero-order chi connectivity index (χ0) is 20.0. The summed E-state index contributed by atoms with van der Waals surface area (Å²) < 4.78 is 39.8. The van der Waals surface area contributed by atoms with Gasteiger partial charge in [0.15, 0.2) is 5.65 Å². The predicted molar refractivity (Wildman–Crippen MR) is 98.9 cm³/mol. The van der Waals surface area contributed by atoms with Gasteiger partial charge in [0, 0.05) is 18.9 Å². The number of carbonyl (C=O) groups excluding carboxylic acids is 1. The van der Waals surface area contributed by atoms with Gasteiger partial charge in [-0.2, -0.15) is 13.2 Å². The summed E-state index contributed by atoms with van der Waals surface area (Å²) in [6, 6.07) is 0.837. The van der Waals surface area contributed by atoms with Crippen molar-refractivity contribution in [2.75, 3.05) is 26.2 Å². The summed E-state index contributed by atoms with van der Waals surface area (Å²) >= 11 is 5.90. The molecule has 1 amide bonds. The fourth-order valence-electron chi connectivity index (χ4n) is 2.80. The van der Waals surface area contributed by atoms with Crippen molar-refractivity contribution in [2.24, 2.45) is 0 Å². The number of amides is 1. The zero-order valence-corrected chi connectivity index (χ0v) is 16.2. The van der Waals surface area contributed by atoms with Crippen molar-refractivity contribution in [3.05, 3.63) is 34.7 Å². The molecule has 2 rings (SSSR count). The number of imidazole rings is 1. The molecule has 2 aromatic heterocycles. The first-order chi connectivity index (χ1) is 12.7. The van der Waals surface area contributed by atoms with E-state index in [1.807, 2.05) is 0 Å². The Hall–Kier alpha value is -1.80. The highest BCUT2D eigenvalue weighted by molar-refractivity contribution is 6.33. The lowest BCUT2D eigenvalue weighted by molar-refractivity contribution is -0.137. The topological polar surface area (TPSA) is 49.6 Å². The van der Waals surface area contributed by atoms with Gasteiger partial charge in [0.25, 0.3) is 0 Å². The second kappa shape index (κ2) is 9.41. The number of aromatic nitrogens is 2. The highest BCUT2D eigenvalue weighted by Crippen LogP contribution is 2.32. The number of halogens is 4. The van der Waals surface area contributed by atoms with E-state index in [0.29, 0.717) is 12.2 Å². The summed E-state index contributed by atoms with van der Waals surface area (Å²) in [5.74, 6) is -0.214. The Morgan fingerprint density at radius 3 is 2.59 bits per heavy atom. The molecule has 0 spiro atoms. The van der Waals surface area contributed by atoms with Gasteiger partial charge < -0.3 is 14.6 Å². The molecule has 0 fully saturated rings. The normalized spacial score (nSPS) is 12.1. The summed E-state index contributed by atoms with van der Waals surface area (Å²) in [5.41, 5.74) is -0.287. The highest BCUT2D eigenvalue weighted by atomic mass is 35.5. The van der Waals surface area contributed by atoms with Crippen LogP contribution in [0.5, 0.6) is 0 Å². The molecule has 5 nitrogen and oxygen atoms in total. The quantitative estimate of drug-likeness (QED) is 0.647. The summed E-state index contributed by atoms with van der Waals surface area (Å²) in [7, 11) is 0. The predicted octanol–water partition coefficient (Wildman–Crippen LogP) is 3.79. The van der Waals surface area contributed by atoms with Crippen LogP contribution in [0.3, 0.4) is 0 Å². The van der Waals surface area contributed by atoms with E-state index in [9.17, 15) is 18.0 Å². The molecule has 0 aromatic carbocycles. The Morgan fingerprint density at radius 1 is 1.26 bits per heavy atom. The van der Waals surface area contributed by atoms with Gasteiger partial charge in [0.2, 0.25) is 5.91 Å². The van der Waals surface area contributed by atoms with Gasteiger partial charge in [-0.1, -0.05) is 25.4 Å². The fourth-order valence-corrected chi connectivity index (χ4v) is 3.06. The molecule has 0 aliphatic rings. The third-order valence-corrected chi connectivity index (χ3v) is 4.62. The van der Waals surface area contributed by atoms with Gasteiger partial charge in [0.05, 0.1) is 22.7 Å². The van der Waals surface area contributed by atoms with E-state index >= 15 is 0 Å². The van der Waals surface area contributed by atoms with Crippen LogP contribution in [0.4, 0.5) is 13.2 Å². The maximum absolute atomic E-state index is 12.9. The number of rotatable bonds is 9. The van der Waals surface area contributed by atoms with Crippen LogP contribution in [-0.4, -0.2) is 46.4 Å². The Morgan fingerprint density at radius 2 is 1.96 bits per heavy atom. The third kappa shape index (κ3) is 6.10. The Bertz CT molecular complexity index is 772. The lowest BCUT2D eigenvalue weighted by atomic mass is 10.2. The molecule has 0 aliphatic heterocycles. The number of nitrogens with zero attached hydrogens (tertiary/aromatic N) is 3. The van der Waals surface area contributed by atoms with Gasteiger partial charge in [-0.05, 0) is 38.5 Å². The van der Waals surface area contributed by atoms with E-state index in [-0.39, 0.29) is 23.0 Å². The summed E-state index contributed by atoms with van der Waals surface area (Å²) in [6.45, 7) is 7.81. The minimum Gasteiger partial charge on any atom is -0.356 e. The number of pyridine rings is 1. The molecule has 0 bridgehead atoms. The van der Waals surface area contributed by atoms with Crippen molar-refractivity contribution in [1.29, 1.82) is 0 Å². The largest absolute Gasteiger partial charge is 0.417 e. The summed E-state index contributed by atoms with van der Waals surface area (Å²) in [5, 5.41) is 2.71. The molecule has 150 valence electrons. The van der Waals surface area contributed by atoms with E-state index in [1.165, 1.54) is 10.6 Å². The lowest BCUT2D eigenvalue weighted by Crippen LogP contribution is -2.28. The minimum atomic E-state index is -4.50. The Balaban J connectivity index is 1.89.